The number of allylic oxidation sites excluding steroid dienone is 1. The smallest absolute Gasteiger partial charge is 0.338 e. The predicted molar refractivity (Wildman–Crippen MR) is 103 cm³/mol. The van der Waals surface area contributed by atoms with E-state index >= 15 is 0 Å². The van der Waals surface area contributed by atoms with Gasteiger partial charge in [0.1, 0.15) is 6.10 Å². The number of esters is 1. The quantitative estimate of drug-likeness (QED) is 0.170. The number of rotatable bonds is 16. The first kappa shape index (κ1) is 21.3. The number of carbonyl (C=O) groups excluding carboxylic acids is 1. The normalized spacial score (nSPS) is 18.7. The van der Waals surface area contributed by atoms with Crippen LogP contribution in [0.15, 0.2) is 11.6 Å². The summed E-state index contributed by atoms with van der Waals surface area (Å²) in [6.07, 6.45) is 24.1. The van der Waals surface area contributed by atoms with Crippen molar-refractivity contribution in [2.24, 2.45) is 0 Å². The van der Waals surface area contributed by atoms with Crippen molar-refractivity contribution in [3.63, 3.8) is 0 Å². The van der Waals surface area contributed by atoms with E-state index in [0.717, 1.165) is 12.0 Å². The molecule has 2 nitrogen and oxygen atoms in total. The van der Waals surface area contributed by atoms with E-state index in [1.165, 1.54) is 96.3 Å². The zero-order valence-electron chi connectivity index (χ0n) is 16.3. The van der Waals surface area contributed by atoms with E-state index in [1.54, 1.807) is 0 Å². The van der Waals surface area contributed by atoms with Gasteiger partial charge in [-0.25, -0.2) is 4.79 Å². The van der Waals surface area contributed by atoms with Gasteiger partial charge in [-0.1, -0.05) is 103 Å². The number of carbonyl (C=O) groups is 1. The van der Waals surface area contributed by atoms with Crippen LogP contribution in [-0.4, -0.2) is 12.1 Å². The van der Waals surface area contributed by atoms with Crippen molar-refractivity contribution in [2.45, 2.75) is 123 Å². The molecule has 0 aromatic rings. The standard InChI is InChI=1S/C22H40O2/c1-3-4-5-6-7-8-9-10-11-12-13-14-15-16-17-18-19-21-20(2)24-22(21)23/h19-20H,3-18H2,1-2H3/b21-19+. The fraction of sp³-hybridized carbons (Fsp3) is 0.864. The molecule has 1 aliphatic heterocycles. The molecule has 1 aliphatic rings. The molecule has 0 aliphatic carbocycles. The molecule has 0 aromatic carbocycles. The first-order chi connectivity index (χ1) is 11.8. The van der Waals surface area contributed by atoms with E-state index in [1.807, 2.05) is 6.92 Å². The van der Waals surface area contributed by atoms with E-state index in [4.69, 9.17) is 4.74 Å². The number of ether oxygens (including phenoxy) is 1. The SMILES string of the molecule is CCCCCCCCCCCCCCCCC/C=C1/C(=O)OC1C. The molecule has 0 saturated carbocycles. The summed E-state index contributed by atoms with van der Waals surface area (Å²) in [5, 5.41) is 0. The first-order valence-corrected chi connectivity index (χ1v) is 10.7. The monoisotopic (exact) mass is 336 g/mol. The van der Waals surface area contributed by atoms with Crippen LogP contribution in [-0.2, 0) is 9.53 Å². The highest BCUT2D eigenvalue weighted by atomic mass is 16.6. The summed E-state index contributed by atoms with van der Waals surface area (Å²) in [5.41, 5.74) is 0.889. The van der Waals surface area contributed by atoms with E-state index in [2.05, 4.69) is 13.0 Å². The van der Waals surface area contributed by atoms with Crippen LogP contribution in [0.3, 0.4) is 0 Å². The Labute approximate surface area is 150 Å². The minimum Gasteiger partial charge on any atom is -0.454 e. The lowest BCUT2D eigenvalue weighted by Crippen LogP contribution is -2.33. The topological polar surface area (TPSA) is 26.3 Å². The van der Waals surface area contributed by atoms with Crippen molar-refractivity contribution in [1.82, 2.24) is 0 Å². The lowest BCUT2D eigenvalue weighted by molar-refractivity contribution is -0.154. The van der Waals surface area contributed by atoms with E-state index in [9.17, 15) is 4.79 Å². The molecule has 0 radical (unpaired) electrons. The fourth-order valence-electron chi connectivity index (χ4n) is 3.42. The van der Waals surface area contributed by atoms with Gasteiger partial charge in [-0.05, 0) is 19.8 Å². The van der Waals surface area contributed by atoms with Crippen molar-refractivity contribution < 1.29 is 9.53 Å². The predicted octanol–water partition coefficient (Wildman–Crippen LogP) is 7.12. The minimum atomic E-state index is -0.108. The second-order valence-corrected chi connectivity index (χ2v) is 7.45. The Morgan fingerprint density at radius 2 is 1.17 bits per heavy atom. The second kappa shape index (κ2) is 14.5. The largest absolute Gasteiger partial charge is 0.454 e. The van der Waals surface area contributed by atoms with Crippen molar-refractivity contribution in [3.8, 4) is 0 Å². The molecule has 1 heterocycles. The molecule has 0 amide bonds. The second-order valence-electron chi connectivity index (χ2n) is 7.45. The molecular formula is C22H40O2. The fourth-order valence-corrected chi connectivity index (χ4v) is 3.42. The minimum absolute atomic E-state index is 0.0360. The highest BCUT2D eigenvalue weighted by Gasteiger charge is 2.30. The summed E-state index contributed by atoms with van der Waals surface area (Å²) in [5.74, 6) is -0.108. The van der Waals surface area contributed by atoms with Crippen molar-refractivity contribution in [1.29, 1.82) is 0 Å². The maximum absolute atomic E-state index is 11.1. The summed E-state index contributed by atoms with van der Waals surface area (Å²) < 4.78 is 4.92. The number of cyclic esters (lactones) is 1. The van der Waals surface area contributed by atoms with E-state index in [-0.39, 0.29) is 12.1 Å². The molecule has 1 fully saturated rings. The number of unbranched alkanes of at least 4 members (excludes halogenated alkanes) is 15. The van der Waals surface area contributed by atoms with Gasteiger partial charge in [0.25, 0.3) is 0 Å². The molecule has 0 bridgehead atoms. The summed E-state index contributed by atoms with van der Waals surface area (Å²) in [7, 11) is 0. The lowest BCUT2D eigenvalue weighted by atomic mass is 10.0. The van der Waals surface area contributed by atoms with Crippen LogP contribution in [0.2, 0.25) is 0 Å². The van der Waals surface area contributed by atoms with Gasteiger partial charge in [0.15, 0.2) is 0 Å². The van der Waals surface area contributed by atoms with E-state index in [0.29, 0.717) is 0 Å². The number of hydrogen-bond acceptors (Lipinski definition) is 2. The van der Waals surface area contributed by atoms with Crippen molar-refractivity contribution >= 4 is 5.97 Å². The average molecular weight is 337 g/mol. The third kappa shape index (κ3) is 10.2. The Morgan fingerprint density at radius 3 is 1.54 bits per heavy atom. The molecular weight excluding hydrogens is 296 g/mol. The van der Waals surface area contributed by atoms with Crippen LogP contribution < -0.4 is 0 Å². The van der Waals surface area contributed by atoms with Gasteiger partial charge in [-0.3, -0.25) is 0 Å². The molecule has 1 saturated heterocycles. The van der Waals surface area contributed by atoms with Crippen LogP contribution >= 0.6 is 0 Å². The molecule has 0 N–H and O–H groups in total. The maximum atomic E-state index is 11.1. The zero-order chi connectivity index (χ0) is 17.5. The molecule has 24 heavy (non-hydrogen) atoms. The first-order valence-electron chi connectivity index (χ1n) is 10.7. The van der Waals surface area contributed by atoms with Crippen LogP contribution in [0.25, 0.3) is 0 Å². The summed E-state index contributed by atoms with van der Waals surface area (Å²) in [6.45, 7) is 4.23. The Hall–Kier alpha value is -0.790. The van der Waals surface area contributed by atoms with Crippen molar-refractivity contribution in [3.05, 3.63) is 11.6 Å². The summed E-state index contributed by atoms with van der Waals surface area (Å²) in [4.78, 5) is 11.1. The van der Waals surface area contributed by atoms with Crippen LogP contribution in [0.4, 0.5) is 0 Å². The summed E-state index contributed by atoms with van der Waals surface area (Å²) >= 11 is 0. The van der Waals surface area contributed by atoms with Gasteiger partial charge in [0, 0.05) is 0 Å². The van der Waals surface area contributed by atoms with Gasteiger partial charge < -0.3 is 4.74 Å². The molecule has 1 atom stereocenters. The lowest BCUT2D eigenvalue weighted by Gasteiger charge is -2.25. The highest BCUT2D eigenvalue weighted by molar-refractivity contribution is 5.95. The van der Waals surface area contributed by atoms with E-state index < -0.39 is 0 Å². The Morgan fingerprint density at radius 1 is 0.750 bits per heavy atom. The number of hydrogen-bond donors (Lipinski definition) is 0. The summed E-state index contributed by atoms with van der Waals surface area (Å²) in [6, 6.07) is 0. The van der Waals surface area contributed by atoms with Crippen LogP contribution in [0, 0.1) is 0 Å². The zero-order valence-corrected chi connectivity index (χ0v) is 16.3. The van der Waals surface area contributed by atoms with Gasteiger partial charge in [-0.15, -0.1) is 0 Å². The Bertz CT molecular complexity index is 346. The van der Waals surface area contributed by atoms with Crippen LogP contribution in [0.1, 0.15) is 117 Å². The molecule has 1 unspecified atom stereocenters. The van der Waals surface area contributed by atoms with Gasteiger partial charge >= 0.3 is 5.97 Å². The van der Waals surface area contributed by atoms with Crippen molar-refractivity contribution in [2.75, 3.05) is 0 Å². The Kier molecular flexibility index (Phi) is 12.9. The third-order valence-electron chi connectivity index (χ3n) is 5.13. The Balaban J connectivity index is 1.73. The van der Waals surface area contributed by atoms with Gasteiger partial charge in [0.05, 0.1) is 5.57 Å². The third-order valence-corrected chi connectivity index (χ3v) is 5.13. The maximum Gasteiger partial charge on any atom is 0.338 e. The van der Waals surface area contributed by atoms with Crippen LogP contribution in [0.5, 0.6) is 0 Å². The highest BCUT2D eigenvalue weighted by Crippen LogP contribution is 2.22. The molecule has 140 valence electrons. The van der Waals surface area contributed by atoms with Gasteiger partial charge in [0.2, 0.25) is 0 Å². The molecule has 0 spiro atoms. The van der Waals surface area contributed by atoms with Gasteiger partial charge in [-0.2, -0.15) is 0 Å². The molecule has 0 aromatic heterocycles. The molecule has 1 rings (SSSR count). The average Bonchev–Trinajstić information content (AvgIpc) is 2.57. The molecule has 2 heteroatoms.